The van der Waals surface area contributed by atoms with Gasteiger partial charge in [-0.25, -0.2) is 4.98 Å². The van der Waals surface area contributed by atoms with Crippen molar-refractivity contribution in [1.29, 1.82) is 0 Å². The number of ether oxygens (including phenoxy) is 4. The van der Waals surface area contributed by atoms with Gasteiger partial charge in [0.05, 0.1) is 25.2 Å². The minimum Gasteiger partial charge on any atom is -0.494 e. The molecule has 10 nitrogen and oxygen atoms in total. The van der Waals surface area contributed by atoms with Crippen LogP contribution in [0.4, 0.5) is 28.8 Å². The van der Waals surface area contributed by atoms with Crippen molar-refractivity contribution in [2.45, 2.75) is 25.8 Å². The lowest BCUT2D eigenvalue weighted by molar-refractivity contribution is -0.000666. The van der Waals surface area contributed by atoms with Gasteiger partial charge < -0.3 is 34.5 Å². The normalized spacial score (nSPS) is 18.0. The van der Waals surface area contributed by atoms with Gasteiger partial charge in [-0.05, 0) is 59.5 Å². The maximum absolute atomic E-state index is 8.56. The Morgan fingerprint density at radius 3 is 2.63 bits per heavy atom. The third-order valence-corrected chi connectivity index (χ3v) is 8.51. The van der Waals surface area contributed by atoms with Crippen LogP contribution in [-0.2, 0) is 4.74 Å². The van der Waals surface area contributed by atoms with Crippen molar-refractivity contribution in [2.75, 3.05) is 75.8 Å². The van der Waals surface area contributed by atoms with E-state index in [1.807, 2.05) is 0 Å². The smallest absolute Gasteiger partial charge is 0.229 e. The Morgan fingerprint density at radius 2 is 1.88 bits per heavy atom. The number of hydrogen-bond donors (Lipinski definition) is 2. The Kier molecular flexibility index (Phi) is 7.98. The number of hydrogen-bond acceptors (Lipinski definition) is 10. The highest BCUT2D eigenvalue weighted by atomic mass is 79.9. The first-order chi connectivity index (χ1) is 20.4. The van der Waals surface area contributed by atoms with Crippen molar-refractivity contribution < 1.29 is 20.3 Å². The lowest BCUT2D eigenvalue weighted by Crippen LogP contribution is -2.56. The lowest BCUT2D eigenvalue weighted by atomic mass is 9.93. The predicted molar refractivity (Wildman–Crippen MR) is 164 cm³/mol. The van der Waals surface area contributed by atoms with Crippen molar-refractivity contribution >= 4 is 44.8 Å². The number of halogens is 1. The van der Waals surface area contributed by atoms with Gasteiger partial charge in [-0.2, -0.15) is 4.98 Å². The summed E-state index contributed by atoms with van der Waals surface area (Å²) in [6.45, 7) is 8.24. The van der Waals surface area contributed by atoms with Gasteiger partial charge in [0.1, 0.15) is 24.8 Å². The zero-order valence-electron chi connectivity index (χ0n) is 24.7. The molecule has 0 aliphatic carbocycles. The molecule has 0 atom stereocenters. The van der Waals surface area contributed by atoms with Gasteiger partial charge in [-0.3, -0.25) is 4.90 Å². The van der Waals surface area contributed by atoms with E-state index in [2.05, 4.69) is 65.4 Å². The van der Waals surface area contributed by atoms with Crippen LogP contribution in [0.3, 0.4) is 0 Å². The number of aromatic nitrogens is 2. The molecule has 0 amide bonds. The second-order valence-corrected chi connectivity index (χ2v) is 11.6. The van der Waals surface area contributed by atoms with Crippen LogP contribution >= 0.6 is 15.9 Å². The highest BCUT2D eigenvalue weighted by Crippen LogP contribution is 2.38. The topological polar surface area (TPSA) is 93.2 Å². The van der Waals surface area contributed by atoms with Gasteiger partial charge in [-0.1, -0.05) is 0 Å². The minimum absolute atomic E-state index is 0.212. The van der Waals surface area contributed by atoms with Gasteiger partial charge in [0.25, 0.3) is 0 Å². The Labute approximate surface area is 250 Å². The Bertz CT molecular complexity index is 1430. The molecule has 3 aromatic rings. The standard InChI is InChI=1S/C30H37BrN6O4/c1-19-12-24(27(39-3)14-25(19)36-8-6-22(7-9-36)37-16-20(17-37)18-38-2)34-30-32-15-23(31)29(35-30)33-21-4-5-26-28(13-21)41-11-10-40-26/h4-5,12-15,20,22H,6-11,16-18H2,1-3H3,(H2,32,33,34,35)/i13D. The van der Waals surface area contributed by atoms with Crippen molar-refractivity contribution in [2.24, 2.45) is 5.92 Å². The van der Waals surface area contributed by atoms with Crippen molar-refractivity contribution in [3.63, 3.8) is 0 Å². The number of piperidine rings is 1. The first-order valence-corrected chi connectivity index (χ1v) is 14.8. The summed E-state index contributed by atoms with van der Waals surface area (Å²) in [4.78, 5) is 14.2. The predicted octanol–water partition coefficient (Wildman–Crippen LogP) is 5.36. The molecule has 4 heterocycles. The van der Waals surface area contributed by atoms with E-state index in [1.165, 1.54) is 5.69 Å². The van der Waals surface area contributed by atoms with Gasteiger partial charge in [0.2, 0.25) is 5.95 Å². The molecular weight excluding hydrogens is 588 g/mol. The van der Waals surface area contributed by atoms with Crippen LogP contribution in [0.5, 0.6) is 17.2 Å². The van der Waals surface area contributed by atoms with Gasteiger partial charge in [0, 0.05) is 74.9 Å². The fourth-order valence-electron chi connectivity index (χ4n) is 5.82. The molecule has 3 aliphatic rings. The number of nitrogens with zero attached hydrogens (tertiary/aromatic N) is 4. The molecule has 2 aromatic carbocycles. The molecule has 0 saturated carbocycles. The molecule has 0 bridgehead atoms. The van der Waals surface area contributed by atoms with Crippen LogP contribution in [0.1, 0.15) is 19.8 Å². The number of benzene rings is 2. The van der Waals surface area contributed by atoms with Crippen LogP contribution < -0.4 is 29.7 Å². The maximum atomic E-state index is 8.56. The third-order valence-electron chi connectivity index (χ3n) is 7.93. The van der Waals surface area contributed by atoms with Crippen LogP contribution in [-0.4, -0.2) is 81.1 Å². The summed E-state index contributed by atoms with van der Waals surface area (Å²) in [6, 6.07) is 8.65. The van der Waals surface area contributed by atoms with Gasteiger partial charge in [0.15, 0.2) is 11.5 Å². The Morgan fingerprint density at radius 1 is 1.10 bits per heavy atom. The quantitative estimate of drug-likeness (QED) is 0.324. The van der Waals surface area contributed by atoms with Crippen LogP contribution in [0.25, 0.3) is 0 Å². The monoisotopic (exact) mass is 625 g/mol. The molecule has 2 N–H and O–H groups in total. The number of aryl methyl sites for hydroxylation is 1. The molecule has 0 radical (unpaired) electrons. The van der Waals surface area contributed by atoms with Crippen LogP contribution in [0, 0.1) is 12.8 Å². The van der Waals surface area contributed by atoms with E-state index in [4.69, 9.17) is 20.3 Å². The van der Waals surface area contributed by atoms with Gasteiger partial charge >= 0.3 is 0 Å². The van der Waals surface area contributed by atoms with E-state index in [-0.39, 0.29) is 6.04 Å². The second kappa shape index (κ2) is 12.3. The summed E-state index contributed by atoms with van der Waals surface area (Å²) >= 11 is 3.53. The largest absolute Gasteiger partial charge is 0.494 e. The van der Waals surface area contributed by atoms with Crippen LogP contribution in [0.15, 0.2) is 41.0 Å². The first-order valence-electron chi connectivity index (χ1n) is 14.6. The molecule has 3 aliphatic heterocycles. The summed E-state index contributed by atoms with van der Waals surface area (Å²) in [6.07, 6.45) is 3.99. The fraction of sp³-hybridized carbons (Fsp3) is 0.467. The number of likely N-dealkylation sites (tertiary alicyclic amines) is 1. The highest BCUT2D eigenvalue weighted by Gasteiger charge is 2.34. The zero-order valence-corrected chi connectivity index (χ0v) is 25.3. The Hall–Kier alpha value is -3.28. The molecule has 0 unspecified atom stereocenters. The fourth-order valence-corrected chi connectivity index (χ4v) is 6.11. The van der Waals surface area contributed by atoms with E-state index >= 15 is 0 Å². The average Bonchev–Trinajstić information content (AvgIpc) is 2.98. The molecule has 2 fully saturated rings. The average molecular weight is 627 g/mol. The van der Waals surface area contributed by atoms with E-state index in [9.17, 15) is 0 Å². The minimum atomic E-state index is 0.212. The number of nitrogens with one attached hydrogen (secondary N) is 2. The molecule has 1 aromatic heterocycles. The molecular formula is C30H37BrN6O4. The molecule has 0 spiro atoms. The summed E-state index contributed by atoms with van der Waals surface area (Å²) in [5.41, 5.74) is 3.69. The van der Waals surface area contributed by atoms with E-state index in [0.717, 1.165) is 62.6 Å². The van der Waals surface area contributed by atoms with Crippen molar-refractivity contribution in [3.8, 4) is 17.2 Å². The highest BCUT2D eigenvalue weighted by molar-refractivity contribution is 9.10. The molecule has 218 valence electrons. The number of methoxy groups -OCH3 is 2. The molecule has 11 heteroatoms. The number of fused-ring (bicyclic) bond motifs is 1. The van der Waals surface area contributed by atoms with E-state index in [1.54, 1.807) is 32.5 Å². The maximum Gasteiger partial charge on any atom is 0.229 e. The molecule has 2 saturated heterocycles. The van der Waals surface area contributed by atoms with Crippen molar-refractivity contribution in [3.05, 3.63) is 46.5 Å². The number of rotatable bonds is 9. The van der Waals surface area contributed by atoms with Crippen LogP contribution in [0.2, 0.25) is 0 Å². The third kappa shape index (κ3) is 6.17. The molecule has 41 heavy (non-hydrogen) atoms. The molecule has 6 rings (SSSR count). The van der Waals surface area contributed by atoms with Crippen molar-refractivity contribution in [1.82, 2.24) is 14.9 Å². The van der Waals surface area contributed by atoms with Gasteiger partial charge in [-0.15, -0.1) is 0 Å². The zero-order chi connectivity index (χ0) is 29.2. The summed E-state index contributed by atoms with van der Waals surface area (Å²) in [7, 11) is 3.47. The number of anilines is 5. The van der Waals surface area contributed by atoms with E-state index in [0.29, 0.717) is 58.6 Å². The first kappa shape index (κ1) is 26.6. The van der Waals surface area contributed by atoms with E-state index < -0.39 is 0 Å². The summed E-state index contributed by atoms with van der Waals surface area (Å²) < 4.78 is 31.6. The summed E-state index contributed by atoms with van der Waals surface area (Å²) in [5, 5.41) is 6.56. The SMILES string of the molecule is [2H]c1c(Nc2nc(Nc3cc(C)c(N4CCC(N5CC(COC)C5)CC4)cc3OC)ncc2Br)ccc2c1OCCO2. The second-order valence-electron chi connectivity index (χ2n) is 10.7. The Balaban J connectivity index is 1.14. The lowest BCUT2D eigenvalue weighted by Gasteiger charge is -2.47. The summed E-state index contributed by atoms with van der Waals surface area (Å²) in [5.74, 6) is 3.33.